The number of nitrogens with one attached hydrogen (secondary N) is 2. The Bertz CT molecular complexity index is 1380. The van der Waals surface area contributed by atoms with Crippen LogP contribution in [0, 0.1) is 29.5 Å². The van der Waals surface area contributed by atoms with Crippen LogP contribution in [0.4, 0.5) is 14.6 Å². The van der Waals surface area contributed by atoms with E-state index < -0.39 is 29.7 Å². The molecule has 4 heterocycles. The minimum Gasteiger partial charge on any atom is -0.481 e. The number of fused-ring (bicyclic) bond motifs is 4. The third-order valence-corrected chi connectivity index (χ3v) is 7.16. The Morgan fingerprint density at radius 3 is 2.62 bits per heavy atom. The number of nitrogens with zero attached hydrogens (tertiary/aromatic N) is 3. The third-order valence-electron chi connectivity index (χ3n) is 7.16. The van der Waals surface area contributed by atoms with Gasteiger partial charge < -0.3 is 19.8 Å². The van der Waals surface area contributed by atoms with Gasteiger partial charge in [-0.1, -0.05) is 0 Å². The number of hydrogen-bond acceptors (Lipinski definition) is 6. The molecule has 3 aliphatic carbocycles. The van der Waals surface area contributed by atoms with Crippen LogP contribution in [0.3, 0.4) is 0 Å². The van der Waals surface area contributed by atoms with Crippen molar-refractivity contribution in [2.75, 3.05) is 5.32 Å². The predicted octanol–water partition coefficient (Wildman–Crippen LogP) is 4.86. The van der Waals surface area contributed by atoms with Gasteiger partial charge in [0.1, 0.15) is 11.3 Å². The maximum absolute atomic E-state index is 15.7. The first-order chi connectivity index (χ1) is 16.5. The molecule has 0 spiro atoms. The lowest BCUT2D eigenvalue weighted by Crippen LogP contribution is -2.51. The van der Waals surface area contributed by atoms with E-state index in [4.69, 9.17) is 4.42 Å². The first kappa shape index (κ1) is 20.8. The molecule has 0 saturated heterocycles. The first-order valence-corrected chi connectivity index (χ1v) is 11.2. The van der Waals surface area contributed by atoms with Crippen molar-refractivity contribution >= 4 is 22.8 Å². The fourth-order valence-electron chi connectivity index (χ4n) is 5.58. The quantitative estimate of drug-likeness (QED) is 0.360. The molecule has 2 bridgehead atoms. The number of rotatable bonds is 5. The van der Waals surface area contributed by atoms with Crippen molar-refractivity contribution in [2.24, 2.45) is 17.8 Å². The van der Waals surface area contributed by atoms with Crippen molar-refractivity contribution < 1.29 is 23.1 Å². The highest BCUT2D eigenvalue weighted by molar-refractivity contribution is 5.92. The molecule has 3 saturated carbocycles. The van der Waals surface area contributed by atoms with E-state index in [0.717, 1.165) is 25.7 Å². The number of carboxylic acid groups (broad SMARTS) is 1. The van der Waals surface area contributed by atoms with E-state index in [0.29, 0.717) is 16.6 Å². The minimum atomic E-state index is -0.877. The summed E-state index contributed by atoms with van der Waals surface area (Å²) >= 11 is 0. The lowest BCUT2D eigenvalue weighted by atomic mass is 9.61. The minimum absolute atomic E-state index is 0.0465. The van der Waals surface area contributed by atoms with Gasteiger partial charge in [0.2, 0.25) is 5.95 Å². The standard InChI is InChI=1S/C24H21F2N5O3/c25-16-8-7-13-14(10-27-21(13)28-16)22-30-20(15-2-1-9-34-15)18(26)23(31-22)29-19-12-5-3-11(4-6-12)17(19)24(32)33/h1-2,7-12,17,19H,3-6H2,(H,27,28)(H,32,33)(H,29,30,31). The molecule has 4 aromatic heterocycles. The Morgan fingerprint density at radius 1 is 1.09 bits per heavy atom. The van der Waals surface area contributed by atoms with E-state index in [2.05, 4.69) is 25.3 Å². The smallest absolute Gasteiger partial charge is 0.308 e. The number of pyridine rings is 1. The van der Waals surface area contributed by atoms with Gasteiger partial charge in [-0.2, -0.15) is 4.39 Å². The fourth-order valence-corrected chi connectivity index (χ4v) is 5.58. The molecule has 10 heteroatoms. The number of carboxylic acids is 1. The van der Waals surface area contributed by atoms with Crippen molar-refractivity contribution in [1.29, 1.82) is 0 Å². The fraction of sp³-hybridized carbons (Fsp3) is 0.333. The normalized spacial score (nSPS) is 23.9. The van der Waals surface area contributed by atoms with Crippen molar-refractivity contribution in [3.05, 3.63) is 48.5 Å². The van der Waals surface area contributed by atoms with Gasteiger partial charge in [0.15, 0.2) is 23.2 Å². The van der Waals surface area contributed by atoms with Crippen molar-refractivity contribution in [1.82, 2.24) is 19.9 Å². The molecule has 7 rings (SSSR count). The number of aromatic amines is 1. The predicted molar refractivity (Wildman–Crippen MR) is 119 cm³/mol. The number of aliphatic carboxylic acids is 1. The molecular formula is C24H21F2N5O3. The van der Waals surface area contributed by atoms with Gasteiger partial charge in [-0.25, -0.2) is 19.3 Å². The topological polar surface area (TPSA) is 117 Å². The maximum Gasteiger partial charge on any atom is 0.308 e. The van der Waals surface area contributed by atoms with E-state index in [1.54, 1.807) is 24.4 Å². The van der Waals surface area contributed by atoms with Crippen LogP contribution >= 0.6 is 0 Å². The number of H-pyrrole nitrogens is 1. The SMILES string of the molecule is O=C(O)C1C2CCC(CC2)C1Nc1nc(-c2c[nH]c3nc(F)ccc23)nc(-c2ccco2)c1F. The van der Waals surface area contributed by atoms with Crippen molar-refractivity contribution in [2.45, 2.75) is 31.7 Å². The van der Waals surface area contributed by atoms with Crippen LogP contribution in [0.2, 0.25) is 0 Å². The van der Waals surface area contributed by atoms with E-state index >= 15 is 4.39 Å². The van der Waals surface area contributed by atoms with Crippen molar-refractivity contribution in [3.8, 4) is 22.8 Å². The Labute approximate surface area is 192 Å². The van der Waals surface area contributed by atoms with Gasteiger partial charge in [0.05, 0.1) is 12.2 Å². The highest BCUT2D eigenvalue weighted by Crippen LogP contribution is 2.46. The Balaban J connectivity index is 1.48. The molecule has 174 valence electrons. The highest BCUT2D eigenvalue weighted by Gasteiger charge is 2.47. The molecule has 3 aliphatic rings. The molecule has 0 amide bonds. The summed E-state index contributed by atoms with van der Waals surface area (Å²) in [5, 5.41) is 13.6. The molecule has 0 aliphatic heterocycles. The molecular weight excluding hydrogens is 444 g/mol. The lowest BCUT2D eigenvalue weighted by Gasteiger charge is -2.47. The molecule has 8 nitrogen and oxygen atoms in total. The zero-order valence-corrected chi connectivity index (χ0v) is 18.0. The lowest BCUT2D eigenvalue weighted by molar-refractivity contribution is -0.148. The maximum atomic E-state index is 15.7. The Kier molecular flexibility index (Phi) is 4.82. The molecule has 0 radical (unpaired) electrons. The van der Waals surface area contributed by atoms with Crippen molar-refractivity contribution in [3.63, 3.8) is 0 Å². The summed E-state index contributed by atoms with van der Waals surface area (Å²) in [7, 11) is 0. The second kappa shape index (κ2) is 7.89. The molecule has 2 atom stereocenters. The first-order valence-electron chi connectivity index (χ1n) is 11.2. The second-order valence-electron chi connectivity index (χ2n) is 8.98. The van der Waals surface area contributed by atoms with Crippen LogP contribution in [0.25, 0.3) is 33.9 Å². The average molecular weight is 465 g/mol. The molecule has 2 unspecified atom stereocenters. The van der Waals surface area contributed by atoms with Crippen LogP contribution in [0.1, 0.15) is 25.7 Å². The van der Waals surface area contributed by atoms with Gasteiger partial charge >= 0.3 is 5.97 Å². The van der Waals surface area contributed by atoms with E-state index in [9.17, 15) is 14.3 Å². The largest absolute Gasteiger partial charge is 0.481 e. The summed E-state index contributed by atoms with van der Waals surface area (Å²) in [5.74, 6) is -2.34. The van der Waals surface area contributed by atoms with Gasteiger partial charge in [0.25, 0.3) is 0 Å². The highest BCUT2D eigenvalue weighted by atomic mass is 19.1. The Hall–Kier alpha value is -3.82. The third kappa shape index (κ3) is 3.32. The van der Waals surface area contributed by atoms with Crippen LogP contribution in [-0.2, 0) is 4.79 Å². The second-order valence-corrected chi connectivity index (χ2v) is 8.98. The zero-order chi connectivity index (χ0) is 23.4. The van der Waals surface area contributed by atoms with Crippen LogP contribution in [-0.4, -0.2) is 37.1 Å². The van der Waals surface area contributed by atoms with Gasteiger partial charge in [0, 0.05) is 23.2 Å². The number of anilines is 1. The van der Waals surface area contributed by atoms with Crippen LogP contribution in [0.5, 0.6) is 0 Å². The molecule has 4 aromatic rings. The summed E-state index contributed by atoms with van der Waals surface area (Å²) in [6.07, 6.45) is 6.54. The van der Waals surface area contributed by atoms with E-state index in [1.165, 1.54) is 12.3 Å². The molecule has 34 heavy (non-hydrogen) atoms. The van der Waals surface area contributed by atoms with E-state index in [-0.39, 0.29) is 34.9 Å². The van der Waals surface area contributed by atoms with Crippen LogP contribution in [0.15, 0.2) is 41.1 Å². The summed E-state index contributed by atoms with van der Waals surface area (Å²) in [6.45, 7) is 0. The summed E-state index contributed by atoms with van der Waals surface area (Å²) in [4.78, 5) is 27.7. The number of halogens is 2. The van der Waals surface area contributed by atoms with Crippen LogP contribution < -0.4 is 5.32 Å². The van der Waals surface area contributed by atoms with Gasteiger partial charge in [-0.05, 0) is 61.8 Å². The monoisotopic (exact) mass is 465 g/mol. The van der Waals surface area contributed by atoms with E-state index in [1.807, 2.05) is 0 Å². The summed E-state index contributed by atoms with van der Waals surface area (Å²) < 4.78 is 34.7. The molecule has 0 aromatic carbocycles. The number of carbonyl (C=O) groups is 1. The Morgan fingerprint density at radius 2 is 1.88 bits per heavy atom. The summed E-state index contributed by atoms with van der Waals surface area (Å²) in [5.41, 5.74) is 0.778. The number of furan rings is 1. The number of aromatic nitrogens is 4. The van der Waals surface area contributed by atoms with Gasteiger partial charge in [-0.3, -0.25) is 4.79 Å². The number of hydrogen-bond donors (Lipinski definition) is 3. The van der Waals surface area contributed by atoms with Gasteiger partial charge in [-0.15, -0.1) is 0 Å². The summed E-state index contributed by atoms with van der Waals surface area (Å²) in [6, 6.07) is 5.56. The zero-order valence-electron chi connectivity index (χ0n) is 18.0. The molecule has 3 N–H and O–H groups in total. The average Bonchev–Trinajstić information content (AvgIpc) is 3.51. The molecule has 3 fully saturated rings.